The molecule has 0 saturated carbocycles. The standard InChI is InChI=1S/C15H15Cl2NO2/c16-11-6-7-15(14(17)8-11)18-9-12(19)10-20-13-4-2-1-3-5-13/h1-8,12,18-19H,9-10H2. The van der Waals surface area contributed by atoms with Gasteiger partial charge >= 0.3 is 0 Å². The van der Waals surface area contributed by atoms with E-state index in [0.717, 1.165) is 11.4 Å². The highest BCUT2D eigenvalue weighted by Gasteiger charge is 2.07. The lowest BCUT2D eigenvalue weighted by Gasteiger charge is -2.14. The summed E-state index contributed by atoms with van der Waals surface area (Å²) in [6, 6.07) is 14.5. The van der Waals surface area contributed by atoms with Gasteiger partial charge in [-0.15, -0.1) is 0 Å². The van der Waals surface area contributed by atoms with Crippen LogP contribution in [0.5, 0.6) is 5.75 Å². The van der Waals surface area contributed by atoms with E-state index >= 15 is 0 Å². The first-order valence-electron chi connectivity index (χ1n) is 6.20. The van der Waals surface area contributed by atoms with Gasteiger partial charge in [0.15, 0.2) is 0 Å². The van der Waals surface area contributed by atoms with Gasteiger partial charge in [-0.2, -0.15) is 0 Å². The van der Waals surface area contributed by atoms with Crippen LogP contribution in [-0.2, 0) is 0 Å². The van der Waals surface area contributed by atoms with Gasteiger partial charge in [0.05, 0.1) is 10.7 Å². The second kappa shape index (κ2) is 7.39. The minimum Gasteiger partial charge on any atom is -0.491 e. The van der Waals surface area contributed by atoms with Crippen molar-refractivity contribution >= 4 is 28.9 Å². The van der Waals surface area contributed by atoms with Crippen LogP contribution in [0.2, 0.25) is 10.0 Å². The molecule has 106 valence electrons. The molecular weight excluding hydrogens is 297 g/mol. The molecule has 0 heterocycles. The molecule has 1 unspecified atom stereocenters. The summed E-state index contributed by atoms with van der Waals surface area (Å²) < 4.78 is 5.46. The van der Waals surface area contributed by atoms with Crippen molar-refractivity contribution in [1.29, 1.82) is 0 Å². The molecule has 2 aromatic carbocycles. The maximum atomic E-state index is 9.86. The van der Waals surface area contributed by atoms with Crippen molar-refractivity contribution in [2.75, 3.05) is 18.5 Å². The monoisotopic (exact) mass is 311 g/mol. The van der Waals surface area contributed by atoms with Crippen LogP contribution in [-0.4, -0.2) is 24.4 Å². The Labute approximate surface area is 128 Å². The molecule has 3 nitrogen and oxygen atoms in total. The number of hydrogen-bond donors (Lipinski definition) is 2. The highest BCUT2D eigenvalue weighted by atomic mass is 35.5. The minimum atomic E-state index is -0.637. The molecule has 0 aromatic heterocycles. The SMILES string of the molecule is OC(CNc1ccc(Cl)cc1Cl)COc1ccccc1. The van der Waals surface area contributed by atoms with Crippen molar-refractivity contribution in [2.24, 2.45) is 0 Å². The molecule has 1 atom stereocenters. The van der Waals surface area contributed by atoms with Crippen LogP contribution in [0.25, 0.3) is 0 Å². The first-order chi connectivity index (χ1) is 9.65. The summed E-state index contributed by atoms with van der Waals surface area (Å²) in [6.07, 6.45) is -0.637. The number of rotatable bonds is 6. The van der Waals surface area contributed by atoms with E-state index in [9.17, 15) is 5.11 Å². The Bertz CT molecular complexity index is 549. The lowest BCUT2D eigenvalue weighted by Crippen LogP contribution is -2.26. The predicted molar refractivity (Wildman–Crippen MR) is 82.9 cm³/mol. The van der Waals surface area contributed by atoms with Gasteiger partial charge in [0.1, 0.15) is 18.5 Å². The average molecular weight is 312 g/mol. The molecule has 0 radical (unpaired) electrons. The number of aliphatic hydroxyl groups is 1. The van der Waals surface area contributed by atoms with Crippen LogP contribution in [0.1, 0.15) is 0 Å². The second-order valence-corrected chi connectivity index (χ2v) is 5.13. The molecule has 0 fully saturated rings. The van der Waals surface area contributed by atoms with E-state index < -0.39 is 6.10 Å². The zero-order valence-electron chi connectivity index (χ0n) is 10.7. The van der Waals surface area contributed by atoms with Gasteiger partial charge in [-0.1, -0.05) is 41.4 Å². The van der Waals surface area contributed by atoms with E-state index in [4.69, 9.17) is 27.9 Å². The first-order valence-corrected chi connectivity index (χ1v) is 6.95. The molecular formula is C15H15Cl2NO2. The minimum absolute atomic E-state index is 0.211. The first kappa shape index (κ1) is 15.0. The van der Waals surface area contributed by atoms with Gasteiger partial charge in [0.25, 0.3) is 0 Å². The van der Waals surface area contributed by atoms with E-state index in [1.807, 2.05) is 30.3 Å². The maximum absolute atomic E-state index is 9.86. The molecule has 0 amide bonds. The van der Waals surface area contributed by atoms with E-state index in [1.54, 1.807) is 18.2 Å². The topological polar surface area (TPSA) is 41.5 Å². The second-order valence-electron chi connectivity index (χ2n) is 4.28. The largest absolute Gasteiger partial charge is 0.491 e. The smallest absolute Gasteiger partial charge is 0.119 e. The molecule has 2 rings (SSSR count). The molecule has 0 aliphatic rings. The number of hydrogen-bond acceptors (Lipinski definition) is 3. The Kier molecular flexibility index (Phi) is 5.53. The van der Waals surface area contributed by atoms with Crippen LogP contribution in [0.15, 0.2) is 48.5 Å². The van der Waals surface area contributed by atoms with E-state index in [-0.39, 0.29) is 6.61 Å². The number of halogens is 2. The Hall–Kier alpha value is -1.42. The van der Waals surface area contributed by atoms with Crippen LogP contribution < -0.4 is 10.1 Å². The molecule has 0 saturated heterocycles. The van der Waals surface area contributed by atoms with Gasteiger partial charge in [-0.3, -0.25) is 0 Å². The Morgan fingerprint density at radius 1 is 1.10 bits per heavy atom. The zero-order valence-corrected chi connectivity index (χ0v) is 12.2. The summed E-state index contributed by atoms with van der Waals surface area (Å²) in [5.41, 5.74) is 0.731. The van der Waals surface area contributed by atoms with Crippen LogP contribution in [0.4, 0.5) is 5.69 Å². The van der Waals surface area contributed by atoms with Gasteiger partial charge in [-0.05, 0) is 30.3 Å². The van der Waals surface area contributed by atoms with Gasteiger partial charge in [-0.25, -0.2) is 0 Å². The van der Waals surface area contributed by atoms with Crippen molar-refractivity contribution in [2.45, 2.75) is 6.10 Å². The number of para-hydroxylation sites is 1. The molecule has 0 spiro atoms. The Morgan fingerprint density at radius 2 is 1.85 bits per heavy atom. The summed E-state index contributed by atoms with van der Waals surface area (Å²) in [5, 5.41) is 14.0. The van der Waals surface area contributed by atoms with E-state index in [1.165, 1.54) is 0 Å². The molecule has 0 bridgehead atoms. The number of aliphatic hydroxyl groups excluding tert-OH is 1. The highest BCUT2D eigenvalue weighted by molar-refractivity contribution is 6.36. The third kappa shape index (κ3) is 4.60. The third-order valence-electron chi connectivity index (χ3n) is 2.64. The quantitative estimate of drug-likeness (QED) is 0.851. The lowest BCUT2D eigenvalue weighted by atomic mass is 10.3. The van der Waals surface area contributed by atoms with Gasteiger partial charge in [0.2, 0.25) is 0 Å². The van der Waals surface area contributed by atoms with Gasteiger partial charge < -0.3 is 15.2 Å². The summed E-state index contributed by atoms with van der Waals surface area (Å²) in [5.74, 6) is 0.732. The molecule has 2 aromatic rings. The predicted octanol–water partition coefficient (Wildman–Crippen LogP) is 3.85. The summed E-state index contributed by atoms with van der Waals surface area (Å²) in [6.45, 7) is 0.552. The number of benzene rings is 2. The van der Waals surface area contributed by atoms with Crippen molar-refractivity contribution in [3.8, 4) is 5.75 Å². The van der Waals surface area contributed by atoms with Crippen molar-refractivity contribution in [3.63, 3.8) is 0 Å². The summed E-state index contributed by atoms with van der Waals surface area (Å²) in [7, 11) is 0. The normalized spacial score (nSPS) is 11.9. The Balaban J connectivity index is 1.79. The fraction of sp³-hybridized carbons (Fsp3) is 0.200. The van der Waals surface area contributed by atoms with Crippen molar-refractivity contribution in [1.82, 2.24) is 0 Å². The maximum Gasteiger partial charge on any atom is 0.119 e. The number of anilines is 1. The summed E-state index contributed by atoms with van der Waals surface area (Å²) in [4.78, 5) is 0. The van der Waals surface area contributed by atoms with Crippen LogP contribution >= 0.6 is 23.2 Å². The third-order valence-corrected chi connectivity index (χ3v) is 3.19. The molecule has 5 heteroatoms. The fourth-order valence-corrected chi connectivity index (χ4v) is 2.10. The average Bonchev–Trinajstić information content (AvgIpc) is 2.45. The summed E-state index contributed by atoms with van der Waals surface area (Å²) >= 11 is 11.8. The van der Waals surface area contributed by atoms with Crippen LogP contribution in [0.3, 0.4) is 0 Å². The highest BCUT2D eigenvalue weighted by Crippen LogP contribution is 2.25. The van der Waals surface area contributed by atoms with E-state index in [0.29, 0.717) is 16.6 Å². The molecule has 0 aliphatic carbocycles. The molecule has 20 heavy (non-hydrogen) atoms. The van der Waals surface area contributed by atoms with E-state index in [2.05, 4.69) is 5.32 Å². The number of ether oxygens (including phenoxy) is 1. The van der Waals surface area contributed by atoms with Crippen LogP contribution in [0, 0.1) is 0 Å². The Morgan fingerprint density at radius 3 is 2.55 bits per heavy atom. The lowest BCUT2D eigenvalue weighted by molar-refractivity contribution is 0.117. The number of nitrogens with one attached hydrogen (secondary N) is 1. The zero-order chi connectivity index (χ0) is 14.4. The molecule has 2 N–H and O–H groups in total. The molecule has 0 aliphatic heterocycles. The van der Waals surface area contributed by atoms with Gasteiger partial charge in [0, 0.05) is 11.6 Å². The fourth-order valence-electron chi connectivity index (χ4n) is 1.63. The van der Waals surface area contributed by atoms with Crippen molar-refractivity contribution in [3.05, 3.63) is 58.6 Å². The van der Waals surface area contributed by atoms with Crippen molar-refractivity contribution < 1.29 is 9.84 Å².